The van der Waals surface area contributed by atoms with Gasteiger partial charge in [0, 0.05) is 18.4 Å². The standard InChI is InChI=1S/C28H30N2O5/c1-2-15-30(17-27(32)33)26(31)16-19-9-3-8-14-25(19)29-28(34)35-18-24-22-12-6-4-10-20(22)21-11-5-7-13-23(21)24/h1,4-7,10-13,19,24-25H,3,8-9,14-18H2,(H,29,34)(H,32,33)/t19-,25-/m1/s1. The van der Waals surface area contributed by atoms with Gasteiger partial charge < -0.3 is 20.1 Å². The van der Waals surface area contributed by atoms with Crippen molar-refractivity contribution in [2.75, 3.05) is 19.7 Å². The molecular formula is C28H30N2O5. The van der Waals surface area contributed by atoms with Crippen LogP contribution in [0.4, 0.5) is 4.79 Å². The third-order valence-electron chi connectivity index (χ3n) is 6.95. The second kappa shape index (κ2) is 11.1. The number of carbonyl (C=O) groups is 3. The second-order valence-electron chi connectivity index (χ2n) is 9.17. The Morgan fingerprint density at radius 1 is 1.03 bits per heavy atom. The highest BCUT2D eigenvalue weighted by molar-refractivity contribution is 5.82. The van der Waals surface area contributed by atoms with Crippen molar-refractivity contribution in [3.63, 3.8) is 0 Å². The molecular weight excluding hydrogens is 444 g/mol. The minimum absolute atomic E-state index is 0.0229. The van der Waals surface area contributed by atoms with E-state index in [1.165, 1.54) is 16.0 Å². The lowest BCUT2D eigenvalue weighted by atomic mass is 9.82. The molecule has 2 aromatic rings. The average Bonchev–Trinajstić information content (AvgIpc) is 3.17. The zero-order valence-corrected chi connectivity index (χ0v) is 19.6. The molecule has 0 aromatic heterocycles. The van der Waals surface area contributed by atoms with Crippen LogP contribution in [0.15, 0.2) is 48.5 Å². The van der Waals surface area contributed by atoms with Crippen LogP contribution >= 0.6 is 0 Å². The van der Waals surface area contributed by atoms with E-state index < -0.39 is 18.6 Å². The maximum atomic E-state index is 12.8. The van der Waals surface area contributed by atoms with E-state index in [0.717, 1.165) is 36.8 Å². The van der Waals surface area contributed by atoms with E-state index in [2.05, 4.69) is 35.5 Å². The van der Waals surface area contributed by atoms with Crippen LogP contribution in [-0.2, 0) is 14.3 Å². The van der Waals surface area contributed by atoms with Crippen LogP contribution in [-0.4, -0.2) is 53.7 Å². The van der Waals surface area contributed by atoms with Gasteiger partial charge in [0.25, 0.3) is 0 Å². The molecule has 2 aliphatic carbocycles. The number of alkyl carbamates (subject to hydrolysis) is 1. The largest absolute Gasteiger partial charge is 0.480 e. The summed E-state index contributed by atoms with van der Waals surface area (Å²) in [4.78, 5) is 37.8. The molecule has 0 radical (unpaired) electrons. The van der Waals surface area contributed by atoms with E-state index in [4.69, 9.17) is 16.3 Å². The van der Waals surface area contributed by atoms with Crippen LogP contribution in [0.1, 0.15) is 49.1 Å². The summed E-state index contributed by atoms with van der Waals surface area (Å²) < 4.78 is 5.68. The number of rotatable bonds is 8. The van der Waals surface area contributed by atoms with Gasteiger partial charge in [0.05, 0.1) is 6.54 Å². The van der Waals surface area contributed by atoms with Crippen LogP contribution in [0.3, 0.4) is 0 Å². The highest BCUT2D eigenvalue weighted by Crippen LogP contribution is 2.44. The number of hydrogen-bond donors (Lipinski definition) is 2. The molecule has 0 saturated heterocycles. The predicted molar refractivity (Wildman–Crippen MR) is 132 cm³/mol. The van der Waals surface area contributed by atoms with Gasteiger partial charge in [0.2, 0.25) is 5.91 Å². The fraction of sp³-hybridized carbons (Fsp3) is 0.393. The van der Waals surface area contributed by atoms with Crippen molar-refractivity contribution in [1.29, 1.82) is 0 Å². The first-order chi connectivity index (χ1) is 17.0. The van der Waals surface area contributed by atoms with E-state index in [1.54, 1.807) is 0 Å². The Labute approximate surface area is 205 Å². The number of hydrogen-bond acceptors (Lipinski definition) is 4. The monoisotopic (exact) mass is 474 g/mol. The first kappa shape index (κ1) is 24.3. The SMILES string of the molecule is C#CCN(CC(=O)O)C(=O)C[C@H]1CCCC[C@H]1NC(=O)OCC1c2ccccc2-c2ccccc21. The van der Waals surface area contributed by atoms with Gasteiger partial charge in [0.15, 0.2) is 0 Å². The summed E-state index contributed by atoms with van der Waals surface area (Å²) in [5.74, 6) is 0.815. The zero-order chi connectivity index (χ0) is 24.8. The van der Waals surface area contributed by atoms with Gasteiger partial charge in [-0.1, -0.05) is 67.3 Å². The summed E-state index contributed by atoms with van der Waals surface area (Å²) >= 11 is 0. The first-order valence-corrected chi connectivity index (χ1v) is 12.0. The Kier molecular flexibility index (Phi) is 7.71. The number of carboxylic acid groups (broad SMARTS) is 1. The van der Waals surface area contributed by atoms with Crippen molar-refractivity contribution in [1.82, 2.24) is 10.2 Å². The fourth-order valence-electron chi connectivity index (χ4n) is 5.29. The third-order valence-corrected chi connectivity index (χ3v) is 6.95. The van der Waals surface area contributed by atoms with E-state index >= 15 is 0 Å². The van der Waals surface area contributed by atoms with Gasteiger partial charge in [-0.05, 0) is 41.0 Å². The highest BCUT2D eigenvalue weighted by atomic mass is 16.5. The molecule has 0 heterocycles. The molecule has 0 bridgehead atoms. The molecule has 7 nitrogen and oxygen atoms in total. The molecule has 35 heavy (non-hydrogen) atoms. The molecule has 4 rings (SSSR count). The van der Waals surface area contributed by atoms with E-state index in [1.807, 2.05) is 24.3 Å². The highest BCUT2D eigenvalue weighted by Gasteiger charge is 2.32. The zero-order valence-electron chi connectivity index (χ0n) is 19.6. The molecule has 0 unspecified atom stereocenters. The smallest absolute Gasteiger partial charge is 0.407 e. The van der Waals surface area contributed by atoms with Gasteiger partial charge in [-0.3, -0.25) is 9.59 Å². The normalized spacial score (nSPS) is 18.6. The van der Waals surface area contributed by atoms with Crippen molar-refractivity contribution in [3.8, 4) is 23.5 Å². The number of fused-ring (bicyclic) bond motifs is 3. The summed E-state index contributed by atoms with van der Waals surface area (Å²) in [6.07, 6.45) is 8.37. The number of nitrogens with one attached hydrogen (secondary N) is 1. The Balaban J connectivity index is 1.37. The molecule has 0 spiro atoms. The third kappa shape index (κ3) is 5.65. The number of benzene rings is 2. The van der Waals surface area contributed by atoms with Gasteiger partial charge in [-0.2, -0.15) is 0 Å². The second-order valence-corrected chi connectivity index (χ2v) is 9.17. The van der Waals surface area contributed by atoms with Crippen LogP contribution in [0, 0.1) is 18.3 Å². The van der Waals surface area contributed by atoms with Crippen molar-refractivity contribution in [2.24, 2.45) is 5.92 Å². The molecule has 2 atom stereocenters. The van der Waals surface area contributed by atoms with E-state index in [-0.39, 0.29) is 43.4 Å². The minimum Gasteiger partial charge on any atom is -0.480 e. The number of terminal acetylenes is 1. The molecule has 1 saturated carbocycles. The molecule has 2 amide bonds. The summed E-state index contributed by atoms with van der Waals surface area (Å²) in [7, 11) is 0. The molecule has 2 aliphatic rings. The lowest BCUT2D eigenvalue weighted by Crippen LogP contribution is -2.45. The number of aliphatic carboxylic acids is 1. The van der Waals surface area contributed by atoms with Gasteiger partial charge in [-0.25, -0.2) is 4.79 Å². The molecule has 182 valence electrons. The maximum Gasteiger partial charge on any atom is 0.407 e. The van der Waals surface area contributed by atoms with Crippen LogP contribution in [0.5, 0.6) is 0 Å². The van der Waals surface area contributed by atoms with Crippen LogP contribution in [0.25, 0.3) is 11.1 Å². The predicted octanol–water partition coefficient (Wildman–Crippen LogP) is 4.02. The van der Waals surface area contributed by atoms with Crippen molar-refractivity contribution in [3.05, 3.63) is 59.7 Å². The lowest BCUT2D eigenvalue weighted by Gasteiger charge is -2.32. The molecule has 0 aliphatic heterocycles. The van der Waals surface area contributed by atoms with Crippen LogP contribution < -0.4 is 5.32 Å². The summed E-state index contributed by atoms with van der Waals surface area (Å²) in [6.45, 7) is -0.257. The first-order valence-electron chi connectivity index (χ1n) is 12.0. The molecule has 7 heteroatoms. The van der Waals surface area contributed by atoms with E-state index in [9.17, 15) is 14.4 Å². The Hall–Kier alpha value is -3.79. The Bertz CT molecular complexity index is 1090. The summed E-state index contributed by atoms with van der Waals surface area (Å²) in [5, 5.41) is 12.0. The maximum absolute atomic E-state index is 12.8. The molecule has 2 N–H and O–H groups in total. The average molecular weight is 475 g/mol. The summed E-state index contributed by atoms with van der Waals surface area (Å²) in [6, 6.07) is 16.1. The van der Waals surface area contributed by atoms with Gasteiger partial charge >= 0.3 is 12.1 Å². The number of ether oxygens (including phenoxy) is 1. The lowest BCUT2D eigenvalue weighted by molar-refractivity contribution is -0.144. The van der Waals surface area contributed by atoms with E-state index in [0.29, 0.717) is 0 Å². The molecule has 2 aromatic carbocycles. The van der Waals surface area contributed by atoms with Crippen LogP contribution in [0.2, 0.25) is 0 Å². The Morgan fingerprint density at radius 3 is 2.29 bits per heavy atom. The van der Waals surface area contributed by atoms with Crippen molar-refractivity contribution < 1.29 is 24.2 Å². The quantitative estimate of drug-likeness (QED) is 0.564. The number of nitrogens with zero attached hydrogens (tertiary/aromatic N) is 1. The molecule has 1 fully saturated rings. The van der Waals surface area contributed by atoms with Crippen molar-refractivity contribution >= 4 is 18.0 Å². The van der Waals surface area contributed by atoms with Gasteiger partial charge in [-0.15, -0.1) is 6.42 Å². The Morgan fingerprint density at radius 2 is 1.66 bits per heavy atom. The fourth-order valence-corrected chi connectivity index (χ4v) is 5.29. The van der Waals surface area contributed by atoms with Crippen molar-refractivity contribution in [2.45, 2.75) is 44.1 Å². The summed E-state index contributed by atoms with van der Waals surface area (Å²) in [5.41, 5.74) is 4.63. The number of amides is 2. The number of carboxylic acids is 1. The number of carbonyl (C=O) groups excluding carboxylic acids is 2. The topological polar surface area (TPSA) is 95.9 Å². The minimum atomic E-state index is -1.11. The van der Waals surface area contributed by atoms with Gasteiger partial charge in [0.1, 0.15) is 13.2 Å².